The van der Waals surface area contributed by atoms with E-state index in [-0.39, 0.29) is 5.57 Å². The molecule has 0 atom stereocenters. The molecule has 0 bridgehead atoms. The van der Waals surface area contributed by atoms with Gasteiger partial charge in [0.15, 0.2) is 11.5 Å². The first-order valence-electron chi connectivity index (χ1n) is 10.3. The molecule has 0 aromatic heterocycles. The van der Waals surface area contributed by atoms with Crippen molar-refractivity contribution in [1.29, 1.82) is 5.26 Å². The number of nitrogens with zero attached hydrogens (tertiary/aromatic N) is 1. The Morgan fingerprint density at radius 3 is 2.56 bits per heavy atom. The monoisotopic (exact) mass is 698 g/mol. The third-order valence-corrected chi connectivity index (χ3v) is 6.75. The Balaban J connectivity index is 1.86. The molecule has 8 heteroatoms. The number of nitriles is 1. The molecule has 0 unspecified atom stereocenters. The van der Waals surface area contributed by atoms with E-state index >= 15 is 0 Å². The van der Waals surface area contributed by atoms with Gasteiger partial charge >= 0.3 is 0 Å². The number of benzene rings is 3. The molecular formula is C26H21ClI2N2O3. The first kappa shape index (κ1) is 26.3. The van der Waals surface area contributed by atoms with Gasteiger partial charge in [0.25, 0.3) is 5.91 Å². The molecule has 3 aromatic carbocycles. The zero-order valence-electron chi connectivity index (χ0n) is 18.5. The second-order valence-electron chi connectivity index (χ2n) is 7.21. The van der Waals surface area contributed by atoms with Crippen LogP contribution in [0.15, 0.2) is 60.2 Å². The average Bonchev–Trinajstić information content (AvgIpc) is 2.81. The second kappa shape index (κ2) is 12.4. The molecule has 3 aromatic rings. The SMILES string of the molecule is CCOc1cc(/C=C(\C#N)C(=O)Nc2cccc(Cl)c2C)cc(I)c1OCc1ccc(I)cc1. The summed E-state index contributed by atoms with van der Waals surface area (Å²) in [6, 6.07) is 18.9. The normalized spacial score (nSPS) is 11.0. The van der Waals surface area contributed by atoms with Gasteiger partial charge in [-0.3, -0.25) is 4.79 Å². The largest absolute Gasteiger partial charge is 0.490 e. The molecule has 0 aliphatic heterocycles. The van der Waals surface area contributed by atoms with Gasteiger partial charge in [-0.1, -0.05) is 29.8 Å². The van der Waals surface area contributed by atoms with Crippen LogP contribution >= 0.6 is 56.8 Å². The van der Waals surface area contributed by atoms with Gasteiger partial charge in [0.05, 0.1) is 10.2 Å². The minimum atomic E-state index is -0.514. The van der Waals surface area contributed by atoms with Gasteiger partial charge in [0.2, 0.25) is 0 Å². The zero-order valence-corrected chi connectivity index (χ0v) is 23.6. The van der Waals surface area contributed by atoms with Gasteiger partial charge in [0, 0.05) is 14.3 Å². The third kappa shape index (κ3) is 6.87. The summed E-state index contributed by atoms with van der Waals surface area (Å²) >= 11 is 10.6. The van der Waals surface area contributed by atoms with Gasteiger partial charge in [-0.2, -0.15) is 5.26 Å². The summed E-state index contributed by atoms with van der Waals surface area (Å²) in [5.41, 5.74) is 2.96. The Kier molecular flexibility index (Phi) is 9.62. The fourth-order valence-electron chi connectivity index (χ4n) is 3.06. The fraction of sp³-hybridized carbons (Fsp3) is 0.154. The van der Waals surface area contributed by atoms with Gasteiger partial charge in [-0.15, -0.1) is 0 Å². The Bertz CT molecular complexity index is 1270. The summed E-state index contributed by atoms with van der Waals surface area (Å²) in [6.45, 7) is 4.54. The van der Waals surface area contributed by atoms with Crippen LogP contribution in [0.3, 0.4) is 0 Å². The number of carbonyl (C=O) groups is 1. The number of anilines is 1. The van der Waals surface area contributed by atoms with E-state index in [0.29, 0.717) is 41.0 Å². The molecule has 0 spiro atoms. The van der Waals surface area contributed by atoms with Gasteiger partial charge < -0.3 is 14.8 Å². The third-order valence-electron chi connectivity index (χ3n) is 4.82. The van der Waals surface area contributed by atoms with Crippen LogP contribution in [0.25, 0.3) is 6.08 Å². The molecule has 3 rings (SSSR count). The molecule has 1 N–H and O–H groups in total. The van der Waals surface area contributed by atoms with Crippen molar-refractivity contribution in [2.24, 2.45) is 0 Å². The van der Waals surface area contributed by atoms with Crippen LogP contribution in [0.2, 0.25) is 5.02 Å². The van der Waals surface area contributed by atoms with E-state index in [1.54, 1.807) is 31.2 Å². The van der Waals surface area contributed by atoms with E-state index in [9.17, 15) is 10.1 Å². The highest BCUT2D eigenvalue weighted by Gasteiger charge is 2.15. The topological polar surface area (TPSA) is 71.3 Å². The molecule has 34 heavy (non-hydrogen) atoms. The van der Waals surface area contributed by atoms with Crippen molar-refractivity contribution < 1.29 is 14.3 Å². The van der Waals surface area contributed by atoms with Gasteiger partial charge in [0.1, 0.15) is 18.2 Å². The lowest BCUT2D eigenvalue weighted by Gasteiger charge is -2.15. The molecule has 174 valence electrons. The molecule has 0 heterocycles. The molecule has 0 radical (unpaired) electrons. The highest BCUT2D eigenvalue weighted by molar-refractivity contribution is 14.1. The zero-order chi connectivity index (χ0) is 24.7. The van der Waals surface area contributed by atoms with E-state index in [1.807, 2.05) is 43.3 Å². The first-order valence-corrected chi connectivity index (χ1v) is 12.9. The summed E-state index contributed by atoms with van der Waals surface area (Å²) in [5.74, 6) is 0.657. The second-order valence-corrected chi connectivity index (χ2v) is 10.0. The van der Waals surface area contributed by atoms with Crippen molar-refractivity contribution in [2.45, 2.75) is 20.5 Å². The highest BCUT2D eigenvalue weighted by atomic mass is 127. The van der Waals surface area contributed by atoms with Crippen LogP contribution in [0.4, 0.5) is 5.69 Å². The Labute approximate surface area is 231 Å². The quantitative estimate of drug-likeness (QED) is 0.152. The molecule has 0 saturated heterocycles. The maximum atomic E-state index is 12.8. The smallest absolute Gasteiger partial charge is 0.266 e. The summed E-state index contributed by atoms with van der Waals surface area (Å²) in [4.78, 5) is 12.8. The summed E-state index contributed by atoms with van der Waals surface area (Å²) < 4.78 is 13.8. The van der Waals surface area contributed by atoms with Crippen LogP contribution < -0.4 is 14.8 Å². The number of rotatable bonds is 8. The van der Waals surface area contributed by atoms with E-state index in [1.165, 1.54) is 6.08 Å². The number of halogens is 3. The molecule has 0 saturated carbocycles. The standard InChI is InChI=1S/C26H21ClI2N2O3/c1-3-33-24-13-18(12-22(29)25(24)34-15-17-7-9-20(28)10-8-17)11-19(14-30)26(32)31-23-6-4-5-21(27)16(23)2/h4-13H,3,15H2,1-2H3,(H,31,32)/b19-11+. The Morgan fingerprint density at radius 1 is 1.15 bits per heavy atom. The Hall–Kier alpha value is -2.29. The maximum Gasteiger partial charge on any atom is 0.266 e. The van der Waals surface area contributed by atoms with Gasteiger partial charge in [-0.05, 0) is 118 Å². The Morgan fingerprint density at radius 2 is 1.88 bits per heavy atom. The number of carbonyl (C=O) groups excluding carboxylic acids is 1. The number of nitrogens with one attached hydrogen (secondary N) is 1. The summed E-state index contributed by atoms with van der Waals surface area (Å²) in [6.07, 6.45) is 1.53. The van der Waals surface area contributed by atoms with Crippen molar-refractivity contribution >= 4 is 74.5 Å². The molecule has 5 nitrogen and oxygen atoms in total. The lowest BCUT2D eigenvalue weighted by atomic mass is 10.1. The van der Waals surface area contributed by atoms with Crippen molar-refractivity contribution in [3.63, 3.8) is 0 Å². The van der Waals surface area contributed by atoms with E-state index in [2.05, 4.69) is 50.5 Å². The van der Waals surface area contributed by atoms with Crippen molar-refractivity contribution in [2.75, 3.05) is 11.9 Å². The molecule has 0 aliphatic rings. The van der Waals surface area contributed by atoms with Crippen LogP contribution in [-0.2, 0) is 11.4 Å². The maximum absolute atomic E-state index is 12.8. The number of amides is 1. The minimum Gasteiger partial charge on any atom is -0.490 e. The van der Waals surface area contributed by atoms with E-state index in [4.69, 9.17) is 21.1 Å². The molecule has 0 aliphatic carbocycles. The summed E-state index contributed by atoms with van der Waals surface area (Å²) in [5, 5.41) is 12.9. The molecule has 0 fully saturated rings. The lowest BCUT2D eigenvalue weighted by molar-refractivity contribution is -0.112. The first-order chi connectivity index (χ1) is 16.3. The average molecular weight is 699 g/mol. The summed E-state index contributed by atoms with van der Waals surface area (Å²) in [7, 11) is 0. The van der Waals surface area contributed by atoms with Crippen molar-refractivity contribution in [3.05, 3.63) is 89.0 Å². The van der Waals surface area contributed by atoms with E-state index < -0.39 is 5.91 Å². The minimum absolute atomic E-state index is 0.0369. The highest BCUT2D eigenvalue weighted by Crippen LogP contribution is 2.35. The molecule has 1 amide bonds. The lowest BCUT2D eigenvalue weighted by Crippen LogP contribution is -2.14. The number of ether oxygens (including phenoxy) is 2. The van der Waals surface area contributed by atoms with Crippen molar-refractivity contribution in [1.82, 2.24) is 0 Å². The predicted molar refractivity (Wildman–Crippen MR) is 152 cm³/mol. The van der Waals surface area contributed by atoms with Crippen LogP contribution in [-0.4, -0.2) is 12.5 Å². The van der Waals surface area contributed by atoms with E-state index in [0.717, 1.165) is 18.3 Å². The van der Waals surface area contributed by atoms with Crippen LogP contribution in [0, 0.1) is 25.4 Å². The van der Waals surface area contributed by atoms with Crippen molar-refractivity contribution in [3.8, 4) is 17.6 Å². The number of hydrogen-bond acceptors (Lipinski definition) is 4. The van der Waals surface area contributed by atoms with Crippen LogP contribution in [0.5, 0.6) is 11.5 Å². The fourth-order valence-corrected chi connectivity index (χ4v) is 4.37. The van der Waals surface area contributed by atoms with Crippen LogP contribution in [0.1, 0.15) is 23.6 Å². The van der Waals surface area contributed by atoms with Gasteiger partial charge in [-0.25, -0.2) is 0 Å². The predicted octanol–water partition coefficient (Wildman–Crippen LogP) is 7.38. The molecular weight excluding hydrogens is 678 g/mol. The number of hydrogen-bond donors (Lipinski definition) is 1.